The van der Waals surface area contributed by atoms with Crippen molar-refractivity contribution >= 4 is 22.8 Å². The number of carbonyl (C=O) groups is 2. The van der Waals surface area contributed by atoms with Crippen LogP contribution in [-0.4, -0.2) is 45.6 Å². The van der Waals surface area contributed by atoms with Crippen molar-refractivity contribution in [2.75, 3.05) is 6.54 Å². The monoisotopic (exact) mass is 361 g/mol. The van der Waals surface area contributed by atoms with Gasteiger partial charge in [0.25, 0.3) is 0 Å². The van der Waals surface area contributed by atoms with Gasteiger partial charge in [-0.2, -0.15) is 0 Å². The van der Waals surface area contributed by atoms with Crippen LogP contribution in [0.15, 0.2) is 36.4 Å². The second kappa shape index (κ2) is 7.72. The topological polar surface area (TPSA) is 116 Å². The van der Waals surface area contributed by atoms with Gasteiger partial charge in [0, 0.05) is 6.54 Å². The Bertz CT molecular complexity index is 811. The Hall–Kier alpha value is -2.64. The standard InChI is InChI=1S/C19H23NO6/c1-19(2,3)26-18(25)20-10-15(21)16(22)13-6-4-12-9-14(17(23)24)7-5-11(12)8-13/h4-9,15-16,21-22H,10H2,1-3H3,(H,20,25)(H,23,24). The molecule has 0 aliphatic heterocycles. The van der Waals surface area contributed by atoms with Crippen LogP contribution < -0.4 is 5.32 Å². The van der Waals surface area contributed by atoms with Crippen LogP contribution in [0, 0.1) is 0 Å². The van der Waals surface area contributed by atoms with E-state index in [-0.39, 0.29) is 12.1 Å². The molecule has 0 aromatic heterocycles. The molecular formula is C19H23NO6. The minimum absolute atomic E-state index is 0.174. The van der Waals surface area contributed by atoms with Crippen molar-refractivity contribution in [3.05, 3.63) is 47.5 Å². The third-order valence-corrected chi connectivity index (χ3v) is 3.67. The number of nitrogens with one attached hydrogen (secondary N) is 1. The fourth-order valence-electron chi connectivity index (χ4n) is 2.42. The lowest BCUT2D eigenvalue weighted by molar-refractivity contribution is 0.0130. The summed E-state index contributed by atoms with van der Waals surface area (Å²) in [5.41, 5.74) is -0.0210. The van der Waals surface area contributed by atoms with Crippen LogP contribution in [0.3, 0.4) is 0 Å². The van der Waals surface area contributed by atoms with Gasteiger partial charge in [0.2, 0.25) is 0 Å². The molecule has 0 radical (unpaired) electrons. The van der Waals surface area contributed by atoms with E-state index in [0.717, 1.165) is 5.39 Å². The molecule has 2 aromatic carbocycles. The summed E-state index contributed by atoms with van der Waals surface area (Å²) in [6.07, 6.45) is -3.12. The summed E-state index contributed by atoms with van der Waals surface area (Å²) in [6.45, 7) is 5.00. The Balaban J connectivity index is 2.06. The van der Waals surface area contributed by atoms with Gasteiger partial charge in [-0.05, 0) is 55.3 Å². The molecule has 4 N–H and O–H groups in total. The van der Waals surface area contributed by atoms with Crippen molar-refractivity contribution in [3.8, 4) is 0 Å². The van der Waals surface area contributed by atoms with Gasteiger partial charge in [-0.15, -0.1) is 0 Å². The fourth-order valence-corrected chi connectivity index (χ4v) is 2.42. The number of rotatable bonds is 5. The van der Waals surface area contributed by atoms with Crippen molar-refractivity contribution in [2.24, 2.45) is 0 Å². The van der Waals surface area contributed by atoms with E-state index in [2.05, 4.69) is 5.32 Å². The Morgan fingerprint density at radius 1 is 1.08 bits per heavy atom. The number of benzene rings is 2. The van der Waals surface area contributed by atoms with E-state index in [4.69, 9.17) is 9.84 Å². The summed E-state index contributed by atoms with van der Waals surface area (Å²) in [5, 5.41) is 33.3. The first-order valence-electron chi connectivity index (χ1n) is 8.17. The van der Waals surface area contributed by atoms with Crippen molar-refractivity contribution in [1.29, 1.82) is 0 Å². The van der Waals surface area contributed by atoms with E-state index in [1.165, 1.54) is 12.1 Å². The highest BCUT2D eigenvalue weighted by atomic mass is 16.6. The number of carbonyl (C=O) groups excluding carboxylic acids is 1. The number of aliphatic hydroxyl groups is 2. The number of hydrogen-bond donors (Lipinski definition) is 4. The number of carboxylic acids is 1. The Morgan fingerprint density at radius 2 is 1.69 bits per heavy atom. The van der Waals surface area contributed by atoms with Gasteiger partial charge in [-0.3, -0.25) is 0 Å². The summed E-state index contributed by atoms with van der Waals surface area (Å²) in [4.78, 5) is 22.6. The predicted octanol–water partition coefficient (Wildman–Crippen LogP) is 2.46. The first kappa shape index (κ1) is 19.7. The molecular weight excluding hydrogens is 338 g/mol. The lowest BCUT2D eigenvalue weighted by Gasteiger charge is -2.22. The van der Waals surface area contributed by atoms with E-state index in [1.54, 1.807) is 45.0 Å². The Kier molecular flexibility index (Phi) is 5.84. The van der Waals surface area contributed by atoms with Gasteiger partial charge in [0.05, 0.1) is 5.56 Å². The maximum atomic E-state index is 11.6. The summed E-state index contributed by atoms with van der Waals surface area (Å²) in [5.74, 6) is -1.01. The van der Waals surface area contributed by atoms with Gasteiger partial charge in [-0.1, -0.05) is 18.2 Å². The van der Waals surface area contributed by atoms with Crippen LogP contribution in [0.4, 0.5) is 4.79 Å². The molecule has 1 amide bonds. The van der Waals surface area contributed by atoms with Crippen molar-refractivity contribution in [2.45, 2.75) is 38.6 Å². The van der Waals surface area contributed by atoms with E-state index in [9.17, 15) is 19.8 Å². The average molecular weight is 361 g/mol. The SMILES string of the molecule is CC(C)(C)OC(=O)NCC(O)C(O)c1ccc2cc(C(=O)O)ccc2c1. The molecule has 2 rings (SSSR count). The zero-order valence-corrected chi connectivity index (χ0v) is 14.9. The summed E-state index contributed by atoms with van der Waals surface area (Å²) < 4.78 is 5.07. The summed E-state index contributed by atoms with van der Waals surface area (Å²) in [6, 6.07) is 9.60. The fraction of sp³-hybridized carbons (Fsp3) is 0.368. The summed E-state index contributed by atoms with van der Waals surface area (Å²) >= 11 is 0. The molecule has 0 heterocycles. The number of fused-ring (bicyclic) bond motifs is 1. The predicted molar refractivity (Wildman–Crippen MR) is 96.1 cm³/mol. The quantitative estimate of drug-likeness (QED) is 0.650. The van der Waals surface area contributed by atoms with E-state index < -0.39 is 29.9 Å². The number of alkyl carbamates (subject to hydrolysis) is 1. The Labute approximate surface area is 151 Å². The number of aromatic carboxylic acids is 1. The maximum Gasteiger partial charge on any atom is 0.407 e. The van der Waals surface area contributed by atoms with Crippen LogP contribution in [-0.2, 0) is 4.74 Å². The van der Waals surface area contributed by atoms with Gasteiger partial charge in [0.15, 0.2) is 0 Å². The molecule has 0 aliphatic rings. The minimum Gasteiger partial charge on any atom is -0.478 e. The number of aliphatic hydroxyl groups excluding tert-OH is 2. The molecule has 0 fully saturated rings. The molecule has 2 atom stereocenters. The highest BCUT2D eigenvalue weighted by molar-refractivity contribution is 5.94. The minimum atomic E-state index is -1.22. The molecule has 7 heteroatoms. The van der Waals surface area contributed by atoms with E-state index in [1.807, 2.05) is 0 Å². The molecule has 0 bridgehead atoms. The van der Waals surface area contributed by atoms with Crippen molar-refractivity contribution in [1.82, 2.24) is 5.32 Å². The largest absolute Gasteiger partial charge is 0.478 e. The lowest BCUT2D eigenvalue weighted by atomic mass is 9.99. The number of ether oxygens (including phenoxy) is 1. The molecule has 0 spiro atoms. The van der Waals surface area contributed by atoms with E-state index >= 15 is 0 Å². The second-order valence-electron chi connectivity index (χ2n) is 7.02. The van der Waals surface area contributed by atoms with E-state index in [0.29, 0.717) is 10.9 Å². The van der Waals surface area contributed by atoms with Crippen LogP contribution in [0.25, 0.3) is 10.8 Å². The highest BCUT2D eigenvalue weighted by Crippen LogP contribution is 2.23. The second-order valence-corrected chi connectivity index (χ2v) is 7.02. The normalized spacial score (nSPS) is 13.9. The van der Waals surface area contributed by atoms with Crippen LogP contribution >= 0.6 is 0 Å². The van der Waals surface area contributed by atoms with Gasteiger partial charge in [0.1, 0.15) is 17.8 Å². The Morgan fingerprint density at radius 3 is 2.31 bits per heavy atom. The van der Waals surface area contributed by atoms with Gasteiger partial charge < -0.3 is 25.4 Å². The van der Waals surface area contributed by atoms with Crippen LogP contribution in [0.1, 0.15) is 42.8 Å². The molecule has 7 nitrogen and oxygen atoms in total. The zero-order chi connectivity index (χ0) is 19.5. The molecule has 2 unspecified atom stereocenters. The molecule has 140 valence electrons. The van der Waals surface area contributed by atoms with Crippen molar-refractivity contribution in [3.63, 3.8) is 0 Å². The molecule has 0 saturated carbocycles. The molecule has 26 heavy (non-hydrogen) atoms. The summed E-state index contributed by atoms with van der Waals surface area (Å²) in [7, 11) is 0. The van der Waals surface area contributed by atoms with Crippen molar-refractivity contribution < 1.29 is 29.6 Å². The maximum absolute atomic E-state index is 11.6. The first-order chi connectivity index (χ1) is 12.1. The average Bonchev–Trinajstić information content (AvgIpc) is 2.56. The molecule has 0 aliphatic carbocycles. The smallest absolute Gasteiger partial charge is 0.407 e. The third kappa shape index (κ3) is 5.18. The zero-order valence-electron chi connectivity index (χ0n) is 14.9. The first-order valence-corrected chi connectivity index (χ1v) is 8.17. The van der Waals surface area contributed by atoms with Crippen LogP contribution in [0.2, 0.25) is 0 Å². The van der Waals surface area contributed by atoms with Gasteiger partial charge in [-0.25, -0.2) is 9.59 Å². The molecule has 2 aromatic rings. The van der Waals surface area contributed by atoms with Gasteiger partial charge >= 0.3 is 12.1 Å². The highest BCUT2D eigenvalue weighted by Gasteiger charge is 2.21. The number of amides is 1. The number of hydrogen-bond acceptors (Lipinski definition) is 5. The number of carboxylic acid groups (broad SMARTS) is 1. The molecule has 0 saturated heterocycles. The third-order valence-electron chi connectivity index (χ3n) is 3.67. The lowest BCUT2D eigenvalue weighted by Crippen LogP contribution is -2.38. The van der Waals surface area contributed by atoms with Crippen LogP contribution in [0.5, 0.6) is 0 Å².